The lowest BCUT2D eigenvalue weighted by atomic mass is 9.76. The number of likely N-dealkylation sites (tertiary alicyclic amines) is 1. The van der Waals surface area contributed by atoms with Gasteiger partial charge < -0.3 is 5.11 Å². The molecule has 1 aliphatic heterocycles. The van der Waals surface area contributed by atoms with Gasteiger partial charge in [-0.05, 0) is 11.3 Å². The standard InChI is InChI=1S/C12H18N2O2S/c1-12(2,3)8-4-14(5-8)6-10-13-9(7-17-10)11(15)16/h7-8H,4-6H2,1-3H3,(H,15,16). The van der Waals surface area contributed by atoms with Gasteiger partial charge in [0.1, 0.15) is 5.01 Å². The average Bonchev–Trinajstić information content (AvgIpc) is 2.56. The second kappa shape index (κ2) is 4.38. The maximum absolute atomic E-state index is 10.7. The molecule has 5 heteroatoms. The zero-order valence-electron chi connectivity index (χ0n) is 10.4. The first-order valence-electron chi connectivity index (χ1n) is 5.76. The molecule has 0 aromatic carbocycles. The van der Waals surface area contributed by atoms with Crippen molar-refractivity contribution in [3.05, 3.63) is 16.1 Å². The van der Waals surface area contributed by atoms with Gasteiger partial charge in [-0.1, -0.05) is 20.8 Å². The third-order valence-electron chi connectivity index (χ3n) is 3.31. The summed E-state index contributed by atoms with van der Waals surface area (Å²) in [6.45, 7) is 9.75. The number of nitrogens with zero attached hydrogens (tertiary/aromatic N) is 2. The van der Waals surface area contributed by atoms with Crippen LogP contribution in [0, 0.1) is 11.3 Å². The molecule has 1 aliphatic rings. The van der Waals surface area contributed by atoms with Crippen LogP contribution in [-0.2, 0) is 6.54 Å². The van der Waals surface area contributed by atoms with Gasteiger partial charge in [-0.3, -0.25) is 4.90 Å². The minimum absolute atomic E-state index is 0.165. The van der Waals surface area contributed by atoms with Crippen molar-refractivity contribution in [3.8, 4) is 0 Å². The molecular formula is C12H18N2O2S. The zero-order chi connectivity index (χ0) is 12.6. The molecule has 0 saturated carbocycles. The fraction of sp³-hybridized carbons (Fsp3) is 0.667. The third kappa shape index (κ3) is 2.84. The average molecular weight is 254 g/mol. The van der Waals surface area contributed by atoms with E-state index in [4.69, 9.17) is 5.11 Å². The SMILES string of the molecule is CC(C)(C)C1CN(Cc2nc(C(=O)O)cs2)C1. The van der Waals surface area contributed by atoms with E-state index in [-0.39, 0.29) is 5.69 Å². The summed E-state index contributed by atoms with van der Waals surface area (Å²) in [5.41, 5.74) is 0.531. The lowest BCUT2D eigenvalue weighted by molar-refractivity contribution is 0.0188. The van der Waals surface area contributed by atoms with Gasteiger partial charge in [-0.2, -0.15) is 0 Å². The quantitative estimate of drug-likeness (QED) is 0.899. The Morgan fingerprint density at radius 1 is 1.59 bits per heavy atom. The van der Waals surface area contributed by atoms with Crippen LogP contribution in [-0.4, -0.2) is 34.0 Å². The van der Waals surface area contributed by atoms with E-state index >= 15 is 0 Å². The van der Waals surface area contributed by atoms with Gasteiger partial charge in [-0.15, -0.1) is 11.3 Å². The lowest BCUT2D eigenvalue weighted by Gasteiger charge is -2.46. The first-order valence-corrected chi connectivity index (χ1v) is 6.64. The van der Waals surface area contributed by atoms with Gasteiger partial charge in [0.05, 0.1) is 6.54 Å². The fourth-order valence-electron chi connectivity index (χ4n) is 1.92. The van der Waals surface area contributed by atoms with Crippen LogP contribution in [0.5, 0.6) is 0 Å². The molecule has 94 valence electrons. The summed E-state index contributed by atoms with van der Waals surface area (Å²) in [5.74, 6) is -0.204. The summed E-state index contributed by atoms with van der Waals surface area (Å²) < 4.78 is 0. The Balaban J connectivity index is 1.86. The van der Waals surface area contributed by atoms with Crippen molar-refractivity contribution in [1.82, 2.24) is 9.88 Å². The van der Waals surface area contributed by atoms with Crippen molar-refractivity contribution < 1.29 is 9.90 Å². The number of aromatic carboxylic acids is 1. The van der Waals surface area contributed by atoms with Crippen molar-refractivity contribution >= 4 is 17.3 Å². The van der Waals surface area contributed by atoms with Gasteiger partial charge in [-0.25, -0.2) is 9.78 Å². The molecule has 0 spiro atoms. The van der Waals surface area contributed by atoms with Crippen LogP contribution in [0.3, 0.4) is 0 Å². The number of carboxylic acids is 1. The Labute approximate surface area is 105 Å². The molecule has 2 heterocycles. The second-order valence-corrected chi connectivity index (χ2v) is 6.63. The number of carboxylic acid groups (broad SMARTS) is 1. The predicted molar refractivity (Wildman–Crippen MR) is 67.3 cm³/mol. The molecule has 1 N–H and O–H groups in total. The van der Waals surface area contributed by atoms with Gasteiger partial charge in [0, 0.05) is 18.5 Å². The largest absolute Gasteiger partial charge is 0.476 e. The highest BCUT2D eigenvalue weighted by atomic mass is 32.1. The van der Waals surface area contributed by atoms with Gasteiger partial charge in [0.2, 0.25) is 0 Å². The van der Waals surface area contributed by atoms with Crippen molar-refractivity contribution in [1.29, 1.82) is 0 Å². The normalized spacial score (nSPS) is 18.1. The number of hydrogen-bond acceptors (Lipinski definition) is 4. The van der Waals surface area contributed by atoms with E-state index in [1.54, 1.807) is 5.38 Å². The summed E-state index contributed by atoms with van der Waals surface area (Å²) >= 11 is 1.43. The van der Waals surface area contributed by atoms with Crippen molar-refractivity contribution in [2.24, 2.45) is 11.3 Å². The predicted octanol–water partition coefficient (Wildman–Crippen LogP) is 2.32. The number of rotatable bonds is 3. The summed E-state index contributed by atoms with van der Waals surface area (Å²) in [6.07, 6.45) is 0. The molecule has 4 nitrogen and oxygen atoms in total. The maximum atomic E-state index is 10.7. The molecule has 0 unspecified atom stereocenters. The van der Waals surface area contributed by atoms with Crippen LogP contribution in [0.4, 0.5) is 0 Å². The minimum atomic E-state index is -0.941. The lowest BCUT2D eigenvalue weighted by Crippen LogP contribution is -2.51. The van der Waals surface area contributed by atoms with Crippen LogP contribution in [0.15, 0.2) is 5.38 Å². The topological polar surface area (TPSA) is 53.4 Å². The van der Waals surface area contributed by atoms with Gasteiger partial charge in [0.25, 0.3) is 0 Å². The fourth-order valence-corrected chi connectivity index (χ4v) is 2.73. The molecule has 1 fully saturated rings. The summed E-state index contributed by atoms with van der Waals surface area (Å²) in [5, 5.41) is 11.3. The van der Waals surface area contributed by atoms with E-state index in [0.717, 1.165) is 30.6 Å². The number of carbonyl (C=O) groups is 1. The van der Waals surface area contributed by atoms with E-state index in [1.807, 2.05) is 0 Å². The Morgan fingerprint density at radius 3 is 2.71 bits per heavy atom. The first kappa shape index (κ1) is 12.5. The highest BCUT2D eigenvalue weighted by Crippen LogP contribution is 2.34. The molecule has 0 radical (unpaired) electrons. The van der Waals surface area contributed by atoms with Crippen LogP contribution >= 0.6 is 11.3 Å². The van der Waals surface area contributed by atoms with E-state index < -0.39 is 5.97 Å². The first-order chi connectivity index (χ1) is 7.86. The molecule has 0 atom stereocenters. The second-order valence-electron chi connectivity index (χ2n) is 5.69. The minimum Gasteiger partial charge on any atom is -0.476 e. The van der Waals surface area contributed by atoms with Crippen LogP contribution in [0.1, 0.15) is 36.3 Å². The van der Waals surface area contributed by atoms with E-state index in [1.165, 1.54) is 11.3 Å². The molecule has 0 aliphatic carbocycles. The summed E-state index contributed by atoms with van der Waals surface area (Å²) in [6, 6.07) is 0. The van der Waals surface area contributed by atoms with E-state index in [0.29, 0.717) is 5.41 Å². The van der Waals surface area contributed by atoms with E-state index in [2.05, 4.69) is 30.7 Å². The molecule has 2 rings (SSSR count). The van der Waals surface area contributed by atoms with Crippen LogP contribution in [0.25, 0.3) is 0 Å². The third-order valence-corrected chi connectivity index (χ3v) is 4.15. The van der Waals surface area contributed by atoms with Crippen molar-refractivity contribution in [2.45, 2.75) is 27.3 Å². The molecule has 1 aromatic rings. The van der Waals surface area contributed by atoms with Crippen molar-refractivity contribution in [3.63, 3.8) is 0 Å². The highest BCUT2D eigenvalue weighted by Gasteiger charge is 2.35. The molecular weight excluding hydrogens is 236 g/mol. The molecule has 0 bridgehead atoms. The Kier molecular flexibility index (Phi) is 3.23. The highest BCUT2D eigenvalue weighted by molar-refractivity contribution is 7.09. The Bertz CT molecular complexity index is 416. The molecule has 17 heavy (non-hydrogen) atoms. The Hall–Kier alpha value is -0.940. The molecule has 1 aromatic heterocycles. The van der Waals surface area contributed by atoms with Gasteiger partial charge in [0.15, 0.2) is 5.69 Å². The number of thiazole rings is 1. The monoisotopic (exact) mass is 254 g/mol. The summed E-state index contributed by atoms with van der Waals surface area (Å²) in [4.78, 5) is 17.1. The summed E-state index contributed by atoms with van der Waals surface area (Å²) in [7, 11) is 0. The molecule has 1 saturated heterocycles. The van der Waals surface area contributed by atoms with Crippen LogP contribution in [0.2, 0.25) is 0 Å². The number of aromatic nitrogens is 1. The smallest absolute Gasteiger partial charge is 0.355 e. The van der Waals surface area contributed by atoms with E-state index in [9.17, 15) is 4.79 Å². The van der Waals surface area contributed by atoms with Crippen LogP contribution < -0.4 is 0 Å². The number of hydrogen-bond donors (Lipinski definition) is 1. The van der Waals surface area contributed by atoms with Crippen molar-refractivity contribution in [2.75, 3.05) is 13.1 Å². The maximum Gasteiger partial charge on any atom is 0.355 e. The Morgan fingerprint density at radius 2 is 2.24 bits per heavy atom. The van der Waals surface area contributed by atoms with Gasteiger partial charge >= 0.3 is 5.97 Å². The molecule has 0 amide bonds. The zero-order valence-corrected chi connectivity index (χ0v) is 11.3.